The van der Waals surface area contributed by atoms with E-state index >= 15 is 0 Å². The third-order valence-electron chi connectivity index (χ3n) is 2.73. The van der Waals surface area contributed by atoms with Gasteiger partial charge in [0.05, 0.1) is 0 Å². The van der Waals surface area contributed by atoms with E-state index in [4.69, 9.17) is 10.5 Å². The van der Waals surface area contributed by atoms with Gasteiger partial charge in [0, 0.05) is 18.6 Å². The summed E-state index contributed by atoms with van der Waals surface area (Å²) < 4.78 is 5.07. The van der Waals surface area contributed by atoms with Crippen molar-refractivity contribution in [1.82, 2.24) is 0 Å². The predicted octanol–water partition coefficient (Wildman–Crippen LogP) is 0.721. The predicted molar refractivity (Wildman–Crippen MR) is 46.8 cm³/mol. The molecule has 1 fully saturated rings. The van der Waals surface area contributed by atoms with E-state index in [1.54, 1.807) is 0 Å². The molecule has 0 heterocycles. The molecule has 12 heavy (non-hydrogen) atoms. The molecule has 0 aromatic carbocycles. The van der Waals surface area contributed by atoms with Crippen LogP contribution in [0.25, 0.3) is 0 Å². The van der Waals surface area contributed by atoms with Gasteiger partial charge in [-0.05, 0) is 19.8 Å². The van der Waals surface area contributed by atoms with E-state index in [0.29, 0.717) is 13.2 Å². The minimum absolute atomic E-state index is 0.193. The van der Waals surface area contributed by atoms with E-state index in [9.17, 15) is 4.79 Å². The van der Waals surface area contributed by atoms with Crippen molar-refractivity contribution in [3.05, 3.63) is 0 Å². The Balaban J connectivity index is 2.38. The molecule has 0 aromatic heterocycles. The Kier molecular flexibility index (Phi) is 3.23. The molecule has 1 saturated carbocycles. The number of ketones is 1. The molecule has 3 heteroatoms. The number of ether oxygens (including phenoxy) is 1. The quantitative estimate of drug-likeness (QED) is 0.663. The van der Waals surface area contributed by atoms with Gasteiger partial charge < -0.3 is 10.5 Å². The fourth-order valence-corrected chi connectivity index (χ4v) is 1.55. The first-order valence-electron chi connectivity index (χ1n) is 4.56. The maximum absolute atomic E-state index is 11.5. The Hall–Kier alpha value is -0.410. The molecule has 0 unspecified atom stereocenters. The van der Waals surface area contributed by atoms with E-state index in [1.165, 1.54) is 0 Å². The van der Waals surface area contributed by atoms with E-state index in [2.05, 4.69) is 0 Å². The van der Waals surface area contributed by atoms with Gasteiger partial charge >= 0.3 is 0 Å². The third kappa shape index (κ3) is 1.67. The molecular weight excluding hydrogens is 154 g/mol. The average molecular weight is 171 g/mol. The highest BCUT2D eigenvalue weighted by atomic mass is 16.5. The summed E-state index contributed by atoms with van der Waals surface area (Å²) in [5.74, 6) is 0.193. The van der Waals surface area contributed by atoms with Gasteiger partial charge in [0.15, 0.2) is 5.78 Å². The number of hydrogen-bond acceptors (Lipinski definition) is 3. The fraction of sp³-hybridized carbons (Fsp3) is 0.889. The molecule has 0 spiro atoms. The van der Waals surface area contributed by atoms with Crippen molar-refractivity contribution in [2.45, 2.75) is 26.2 Å². The monoisotopic (exact) mass is 171 g/mol. The van der Waals surface area contributed by atoms with Crippen molar-refractivity contribution in [3.8, 4) is 0 Å². The molecule has 70 valence electrons. The van der Waals surface area contributed by atoms with Crippen LogP contribution in [0.2, 0.25) is 0 Å². The second kappa shape index (κ2) is 4.01. The van der Waals surface area contributed by atoms with Gasteiger partial charge in [-0.1, -0.05) is 6.42 Å². The highest BCUT2D eigenvalue weighted by molar-refractivity contribution is 5.87. The summed E-state index contributed by atoms with van der Waals surface area (Å²) in [6.45, 7) is 3.22. The zero-order valence-electron chi connectivity index (χ0n) is 7.64. The summed E-state index contributed by atoms with van der Waals surface area (Å²) in [7, 11) is 0. The van der Waals surface area contributed by atoms with Gasteiger partial charge in [0.2, 0.25) is 0 Å². The first-order chi connectivity index (χ1) is 5.75. The summed E-state index contributed by atoms with van der Waals surface area (Å²) in [5, 5.41) is 0. The Labute approximate surface area is 73.3 Å². The van der Waals surface area contributed by atoms with Crippen molar-refractivity contribution < 1.29 is 9.53 Å². The maximum Gasteiger partial charge on any atom is 0.165 e. The van der Waals surface area contributed by atoms with Crippen molar-refractivity contribution in [2.75, 3.05) is 19.8 Å². The second-order valence-corrected chi connectivity index (χ2v) is 3.40. The van der Waals surface area contributed by atoms with Gasteiger partial charge in [-0.25, -0.2) is 0 Å². The van der Waals surface area contributed by atoms with Gasteiger partial charge in [-0.15, -0.1) is 0 Å². The lowest BCUT2D eigenvalue weighted by atomic mass is 9.66. The van der Waals surface area contributed by atoms with Gasteiger partial charge in [-0.3, -0.25) is 4.79 Å². The minimum atomic E-state index is -0.213. The molecule has 0 aromatic rings. The molecule has 3 nitrogen and oxygen atoms in total. The topological polar surface area (TPSA) is 52.3 Å². The van der Waals surface area contributed by atoms with E-state index < -0.39 is 0 Å². The first kappa shape index (κ1) is 9.68. The van der Waals surface area contributed by atoms with Crippen molar-refractivity contribution in [3.63, 3.8) is 0 Å². The van der Waals surface area contributed by atoms with Crippen LogP contribution in [0.4, 0.5) is 0 Å². The summed E-state index contributed by atoms with van der Waals surface area (Å²) in [6, 6.07) is 0. The lowest BCUT2D eigenvalue weighted by molar-refractivity contribution is -0.137. The largest absolute Gasteiger partial charge is 0.374 e. The van der Waals surface area contributed by atoms with Crippen LogP contribution in [0.3, 0.4) is 0 Å². The Morgan fingerprint density at radius 1 is 1.58 bits per heavy atom. The summed E-state index contributed by atoms with van der Waals surface area (Å²) in [5.41, 5.74) is 5.35. The highest BCUT2D eigenvalue weighted by Crippen LogP contribution is 2.40. The highest BCUT2D eigenvalue weighted by Gasteiger charge is 2.42. The van der Waals surface area contributed by atoms with Gasteiger partial charge in [-0.2, -0.15) is 0 Å². The number of hydrogen-bond donors (Lipinski definition) is 1. The molecule has 2 N–H and O–H groups in total. The number of Topliss-reactive ketones (excluding diaryl/α,β-unsaturated/α-hetero) is 1. The molecular formula is C9H17NO2. The smallest absolute Gasteiger partial charge is 0.165 e. The van der Waals surface area contributed by atoms with Crippen LogP contribution in [0.5, 0.6) is 0 Å². The summed E-state index contributed by atoms with van der Waals surface area (Å²) >= 11 is 0. The van der Waals surface area contributed by atoms with Crippen LogP contribution in [-0.2, 0) is 9.53 Å². The maximum atomic E-state index is 11.5. The van der Waals surface area contributed by atoms with Crippen LogP contribution in [0.15, 0.2) is 0 Å². The molecule has 0 atom stereocenters. The Morgan fingerprint density at radius 3 is 2.58 bits per heavy atom. The molecule has 0 saturated heterocycles. The lowest BCUT2D eigenvalue weighted by Crippen LogP contribution is -2.46. The number of nitrogens with two attached hydrogens (primary N) is 1. The van der Waals surface area contributed by atoms with E-state index in [-0.39, 0.29) is 17.8 Å². The third-order valence-corrected chi connectivity index (χ3v) is 2.73. The number of carbonyl (C=O) groups is 1. The van der Waals surface area contributed by atoms with Crippen LogP contribution in [-0.4, -0.2) is 25.5 Å². The SMILES string of the molecule is CCOCC(=O)C1(CN)CCC1. The zero-order chi connectivity index (χ0) is 9.03. The molecule has 0 amide bonds. The zero-order valence-corrected chi connectivity index (χ0v) is 7.64. The van der Waals surface area contributed by atoms with Crippen molar-refractivity contribution in [2.24, 2.45) is 11.1 Å². The first-order valence-corrected chi connectivity index (χ1v) is 4.56. The van der Waals surface area contributed by atoms with Crippen LogP contribution in [0, 0.1) is 5.41 Å². The normalized spacial score (nSPS) is 20.2. The van der Waals surface area contributed by atoms with Crippen molar-refractivity contribution in [1.29, 1.82) is 0 Å². The number of carbonyl (C=O) groups excluding carboxylic acids is 1. The standard InChI is InChI=1S/C9H17NO2/c1-2-12-6-8(11)9(7-10)4-3-5-9/h2-7,10H2,1H3. The lowest BCUT2D eigenvalue weighted by Gasteiger charge is -2.39. The second-order valence-electron chi connectivity index (χ2n) is 3.40. The average Bonchev–Trinajstić information content (AvgIpc) is 2.00. The minimum Gasteiger partial charge on any atom is -0.374 e. The molecule has 1 aliphatic rings. The Morgan fingerprint density at radius 2 is 2.25 bits per heavy atom. The Bertz CT molecular complexity index is 158. The van der Waals surface area contributed by atoms with Crippen LogP contribution < -0.4 is 5.73 Å². The summed E-state index contributed by atoms with van der Waals surface area (Å²) in [4.78, 5) is 11.5. The van der Waals surface area contributed by atoms with E-state index in [0.717, 1.165) is 19.3 Å². The molecule has 1 aliphatic carbocycles. The van der Waals surface area contributed by atoms with Gasteiger partial charge in [0.1, 0.15) is 6.61 Å². The molecule has 0 bridgehead atoms. The molecule has 1 rings (SSSR count). The van der Waals surface area contributed by atoms with Crippen LogP contribution >= 0.6 is 0 Å². The fourth-order valence-electron chi connectivity index (χ4n) is 1.55. The van der Waals surface area contributed by atoms with E-state index in [1.807, 2.05) is 6.92 Å². The molecule has 0 radical (unpaired) electrons. The van der Waals surface area contributed by atoms with Crippen LogP contribution in [0.1, 0.15) is 26.2 Å². The number of rotatable bonds is 5. The summed E-state index contributed by atoms with van der Waals surface area (Å²) in [6.07, 6.45) is 3.04. The van der Waals surface area contributed by atoms with Crippen molar-refractivity contribution >= 4 is 5.78 Å². The van der Waals surface area contributed by atoms with Gasteiger partial charge in [0.25, 0.3) is 0 Å². The molecule has 0 aliphatic heterocycles.